The molecule has 32 heavy (non-hydrogen) atoms. The number of furan rings is 1. The number of thioether (sulfide) groups is 1. The number of rotatable bonds is 6. The van der Waals surface area contributed by atoms with Gasteiger partial charge in [-0.2, -0.15) is 4.68 Å². The van der Waals surface area contributed by atoms with Gasteiger partial charge in [-0.15, -0.1) is 5.10 Å². The van der Waals surface area contributed by atoms with Gasteiger partial charge < -0.3 is 4.42 Å². The third-order valence-electron chi connectivity index (χ3n) is 5.01. The smallest absolute Gasteiger partial charge is 0.237 e. The molecule has 0 radical (unpaired) electrons. The Morgan fingerprint density at radius 1 is 1.19 bits per heavy atom. The number of nitrogens with zero attached hydrogens (tertiary/aromatic N) is 6. The monoisotopic (exact) mass is 447 g/mol. The van der Waals surface area contributed by atoms with Gasteiger partial charge >= 0.3 is 0 Å². The number of benzene rings is 1. The molecule has 1 atom stereocenters. The van der Waals surface area contributed by atoms with Crippen molar-refractivity contribution in [1.82, 2.24) is 30.2 Å². The largest absolute Gasteiger partial charge is 0.469 e. The molecule has 160 valence electrons. The summed E-state index contributed by atoms with van der Waals surface area (Å²) in [5, 5.41) is 14.8. The van der Waals surface area contributed by atoms with Crippen LogP contribution >= 0.6 is 11.8 Å². The van der Waals surface area contributed by atoms with E-state index in [0.717, 1.165) is 11.4 Å². The lowest BCUT2D eigenvalue weighted by atomic mass is 9.85. The van der Waals surface area contributed by atoms with Gasteiger partial charge in [-0.1, -0.05) is 30.0 Å². The van der Waals surface area contributed by atoms with E-state index in [2.05, 4.69) is 30.8 Å². The van der Waals surface area contributed by atoms with Crippen molar-refractivity contribution in [2.24, 2.45) is 0 Å². The summed E-state index contributed by atoms with van der Waals surface area (Å²) in [6.07, 6.45) is 3.96. The molecule has 1 aliphatic rings. The van der Waals surface area contributed by atoms with E-state index in [0.29, 0.717) is 29.3 Å². The topological polar surface area (TPSA) is 129 Å². The van der Waals surface area contributed by atoms with Crippen LogP contribution in [0.3, 0.4) is 0 Å². The third-order valence-corrected chi connectivity index (χ3v) is 5.93. The molecule has 0 spiro atoms. The van der Waals surface area contributed by atoms with Crippen LogP contribution in [0.5, 0.6) is 0 Å². The predicted molar refractivity (Wildman–Crippen MR) is 115 cm³/mol. The van der Waals surface area contributed by atoms with E-state index < -0.39 is 0 Å². The normalized spacial score (nSPS) is 15.4. The number of amides is 1. The molecule has 0 unspecified atom stereocenters. The maximum atomic E-state index is 12.5. The van der Waals surface area contributed by atoms with Crippen LogP contribution in [0.25, 0.3) is 5.69 Å². The molecule has 10 nitrogen and oxygen atoms in total. The lowest BCUT2D eigenvalue weighted by Gasteiger charge is -2.21. The molecule has 0 aliphatic heterocycles. The summed E-state index contributed by atoms with van der Waals surface area (Å²) in [5.74, 6) is 0.569. The SMILES string of the molecule is O=C(CSc1nnnn1-c1ccccc1)Nc1ncc2c(n1)C[C@H](c1ccco1)CC2=O. The van der Waals surface area contributed by atoms with E-state index in [1.807, 2.05) is 36.4 Å². The molecule has 5 rings (SSSR count). The van der Waals surface area contributed by atoms with Crippen molar-refractivity contribution in [3.63, 3.8) is 0 Å². The van der Waals surface area contributed by atoms with Crippen LogP contribution in [-0.4, -0.2) is 47.6 Å². The van der Waals surface area contributed by atoms with Crippen LogP contribution in [0.4, 0.5) is 5.95 Å². The minimum absolute atomic E-state index is 0.0335. The molecule has 1 aliphatic carbocycles. The number of Topliss-reactive ketones (excluding diaryl/α,β-unsaturated/α-hetero) is 1. The Balaban J connectivity index is 1.25. The molecule has 0 bridgehead atoms. The average Bonchev–Trinajstić information content (AvgIpc) is 3.50. The molecule has 1 amide bonds. The fourth-order valence-corrected chi connectivity index (χ4v) is 4.21. The summed E-state index contributed by atoms with van der Waals surface area (Å²) in [6, 6.07) is 13.1. The van der Waals surface area contributed by atoms with Gasteiger partial charge in [0, 0.05) is 25.0 Å². The third kappa shape index (κ3) is 4.14. The Morgan fingerprint density at radius 3 is 2.88 bits per heavy atom. The Labute approximate surface area is 186 Å². The van der Waals surface area contributed by atoms with Gasteiger partial charge in [-0.25, -0.2) is 9.97 Å². The number of carbonyl (C=O) groups is 2. The Bertz CT molecular complexity index is 1260. The quantitative estimate of drug-likeness (QED) is 0.444. The van der Waals surface area contributed by atoms with Crippen molar-refractivity contribution < 1.29 is 14.0 Å². The maximum absolute atomic E-state index is 12.5. The molecular weight excluding hydrogens is 430 g/mol. The highest BCUT2D eigenvalue weighted by Gasteiger charge is 2.29. The molecule has 0 fully saturated rings. The van der Waals surface area contributed by atoms with Crippen molar-refractivity contribution >= 4 is 29.4 Å². The lowest BCUT2D eigenvalue weighted by molar-refractivity contribution is -0.113. The molecule has 0 saturated carbocycles. The van der Waals surface area contributed by atoms with Crippen molar-refractivity contribution in [3.8, 4) is 5.69 Å². The highest BCUT2D eigenvalue weighted by molar-refractivity contribution is 7.99. The van der Waals surface area contributed by atoms with Crippen molar-refractivity contribution in [1.29, 1.82) is 0 Å². The van der Waals surface area contributed by atoms with Gasteiger partial charge in [0.2, 0.25) is 17.0 Å². The Hall–Kier alpha value is -3.86. The zero-order valence-corrected chi connectivity index (χ0v) is 17.5. The van der Waals surface area contributed by atoms with Crippen molar-refractivity contribution in [3.05, 3.63) is 71.9 Å². The Kier molecular flexibility index (Phi) is 5.46. The highest BCUT2D eigenvalue weighted by atomic mass is 32.2. The van der Waals surface area contributed by atoms with Crippen molar-refractivity contribution in [2.75, 3.05) is 11.1 Å². The fraction of sp³-hybridized carbons (Fsp3) is 0.190. The molecule has 1 aromatic carbocycles. The van der Waals surface area contributed by atoms with Crippen LogP contribution in [0, 0.1) is 0 Å². The van der Waals surface area contributed by atoms with E-state index in [9.17, 15) is 9.59 Å². The van der Waals surface area contributed by atoms with E-state index >= 15 is 0 Å². The van der Waals surface area contributed by atoms with Gasteiger partial charge in [-0.3, -0.25) is 14.9 Å². The predicted octanol–water partition coefficient (Wildman–Crippen LogP) is 2.69. The number of nitrogens with one attached hydrogen (secondary N) is 1. The molecule has 3 aromatic heterocycles. The molecule has 1 N–H and O–H groups in total. The molecular formula is C21H17N7O3S. The number of aromatic nitrogens is 6. The number of carbonyl (C=O) groups excluding carboxylic acids is 2. The van der Waals surface area contributed by atoms with Crippen molar-refractivity contribution in [2.45, 2.75) is 23.9 Å². The van der Waals surface area contributed by atoms with Crippen LogP contribution in [0.2, 0.25) is 0 Å². The van der Waals surface area contributed by atoms with Gasteiger partial charge in [0.25, 0.3) is 0 Å². The molecule has 11 heteroatoms. The Morgan fingerprint density at radius 2 is 2.06 bits per heavy atom. The zero-order valence-electron chi connectivity index (χ0n) is 16.7. The van der Waals surface area contributed by atoms with Crippen LogP contribution in [-0.2, 0) is 11.2 Å². The van der Waals surface area contributed by atoms with Crippen LogP contribution in [0.15, 0.2) is 64.5 Å². The first kappa shape index (κ1) is 20.1. The first-order chi connectivity index (χ1) is 15.7. The molecule has 3 heterocycles. The second-order valence-corrected chi connectivity index (χ2v) is 8.09. The number of anilines is 1. The van der Waals surface area contributed by atoms with Gasteiger partial charge in [-0.05, 0) is 34.7 Å². The summed E-state index contributed by atoms with van der Waals surface area (Å²) in [7, 11) is 0. The zero-order chi connectivity index (χ0) is 21.9. The minimum Gasteiger partial charge on any atom is -0.469 e. The number of para-hydroxylation sites is 1. The lowest BCUT2D eigenvalue weighted by Crippen LogP contribution is -2.22. The number of hydrogen-bond donors (Lipinski definition) is 1. The second-order valence-electron chi connectivity index (χ2n) is 7.14. The summed E-state index contributed by atoms with van der Waals surface area (Å²) in [4.78, 5) is 33.5. The molecule has 4 aromatic rings. The fourth-order valence-electron chi connectivity index (χ4n) is 3.52. The average molecular weight is 447 g/mol. The summed E-state index contributed by atoms with van der Waals surface area (Å²) >= 11 is 1.20. The standard InChI is InChI=1S/C21H17N7O3S/c29-17-10-13(18-7-4-8-31-18)9-16-15(17)11-22-20(23-16)24-19(30)12-32-21-25-26-27-28(21)14-5-2-1-3-6-14/h1-8,11,13H,9-10,12H2,(H,22,23,24,30)/t13-/m0/s1. The van der Waals surface area contributed by atoms with Gasteiger partial charge in [0.1, 0.15) is 5.76 Å². The number of tetrazole rings is 1. The number of ketones is 1. The van der Waals surface area contributed by atoms with E-state index in [1.165, 1.54) is 18.0 Å². The highest BCUT2D eigenvalue weighted by Crippen LogP contribution is 2.32. The first-order valence-corrected chi connectivity index (χ1v) is 10.8. The van der Waals surface area contributed by atoms with Crippen LogP contribution in [0.1, 0.15) is 34.2 Å². The van der Waals surface area contributed by atoms with E-state index in [4.69, 9.17) is 4.42 Å². The summed E-state index contributed by atoms with van der Waals surface area (Å²) < 4.78 is 7.02. The second kappa shape index (κ2) is 8.71. The first-order valence-electron chi connectivity index (χ1n) is 9.86. The number of fused-ring (bicyclic) bond motifs is 1. The maximum Gasteiger partial charge on any atom is 0.237 e. The summed E-state index contributed by atoms with van der Waals surface area (Å²) in [6.45, 7) is 0. The van der Waals surface area contributed by atoms with Gasteiger partial charge in [0.05, 0.1) is 29.0 Å². The number of hydrogen-bond acceptors (Lipinski definition) is 9. The minimum atomic E-state index is -0.303. The van der Waals surface area contributed by atoms with E-state index in [1.54, 1.807) is 17.0 Å². The van der Waals surface area contributed by atoms with E-state index in [-0.39, 0.29) is 29.3 Å². The van der Waals surface area contributed by atoms with Crippen LogP contribution < -0.4 is 5.32 Å². The van der Waals surface area contributed by atoms with Gasteiger partial charge in [0.15, 0.2) is 5.78 Å². The molecule has 0 saturated heterocycles. The summed E-state index contributed by atoms with van der Waals surface area (Å²) in [5.41, 5.74) is 1.89.